The summed E-state index contributed by atoms with van der Waals surface area (Å²) in [7, 11) is 0. The highest BCUT2D eigenvalue weighted by molar-refractivity contribution is 5.95. The van der Waals surface area contributed by atoms with Gasteiger partial charge < -0.3 is 10.1 Å². The first kappa shape index (κ1) is 13.1. The summed E-state index contributed by atoms with van der Waals surface area (Å²) in [6, 6.07) is 5.89. The Morgan fingerprint density at radius 3 is 2.70 bits per heavy atom. The zero-order valence-electron chi connectivity index (χ0n) is 11.2. The lowest BCUT2D eigenvalue weighted by Crippen LogP contribution is -2.18. The second-order valence-corrected chi connectivity index (χ2v) is 5.71. The van der Waals surface area contributed by atoms with E-state index in [9.17, 15) is 14.9 Å². The molecule has 1 saturated heterocycles. The van der Waals surface area contributed by atoms with Crippen molar-refractivity contribution in [3.8, 4) is 0 Å². The monoisotopic (exact) mass is 276 g/mol. The van der Waals surface area contributed by atoms with E-state index >= 15 is 0 Å². The highest BCUT2D eigenvalue weighted by Crippen LogP contribution is 2.62. The van der Waals surface area contributed by atoms with E-state index in [4.69, 9.17) is 4.74 Å². The van der Waals surface area contributed by atoms with E-state index in [0.717, 1.165) is 6.42 Å². The van der Waals surface area contributed by atoms with Crippen LogP contribution >= 0.6 is 0 Å². The summed E-state index contributed by atoms with van der Waals surface area (Å²) in [6.45, 7) is 3.49. The van der Waals surface area contributed by atoms with Crippen molar-refractivity contribution in [2.75, 3.05) is 18.5 Å². The van der Waals surface area contributed by atoms with Crippen LogP contribution in [-0.4, -0.2) is 24.0 Å². The van der Waals surface area contributed by atoms with Crippen LogP contribution in [0.1, 0.15) is 13.3 Å². The van der Waals surface area contributed by atoms with Crippen molar-refractivity contribution in [3.63, 3.8) is 0 Å². The number of non-ortho nitro benzene ring substituents is 1. The van der Waals surface area contributed by atoms with Crippen LogP contribution in [0, 0.1) is 27.4 Å². The molecular weight excluding hydrogens is 260 g/mol. The van der Waals surface area contributed by atoms with Gasteiger partial charge in [-0.1, -0.05) is 6.92 Å². The summed E-state index contributed by atoms with van der Waals surface area (Å²) in [5.74, 6) is 0.270. The van der Waals surface area contributed by atoms with Crippen LogP contribution < -0.4 is 5.32 Å². The van der Waals surface area contributed by atoms with Gasteiger partial charge in [-0.3, -0.25) is 14.9 Å². The molecule has 20 heavy (non-hydrogen) atoms. The van der Waals surface area contributed by atoms with Crippen LogP contribution in [0.2, 0.25) is 0 Å². The van der Waals surface area contributed by atoms with Crippen molar-refractivity contribution >= 4 is 17.3 Å². The minimum atomic E-state index is -0.459. The number of rotatable bonds is 3. The Kier molecular flexibility index (Phi) is 2.97. The third-order valence-corrected chi connectivity index (χ3v) is 4.56. The zero-order chi connectivity index (χ0) is 14.3. The Morgan fingerprint density at radius 1 is 1.45 bits per heavy atom. The number of anilines is 1. The number of carbonyl (C=O) groups excluding carboxylic acids is 1. The van der Waals surface area contributed by atoms with E-state index in [1.54, 1.807) is 12.1 Å². The van der Waals surface area contributed by atoms with Gasteiger partial charge in [0.25, 0.3) is 5.69 Å². The van der Waals surface area contributed by atoms with Crippen LogP contribution in [0.5, 0.6) is 0 Å². The van der Waals surface area contributed by atoms with E-state index in [2.05, 4.69) is 12.2 Å². The molecule has 6 nitrogen and oxygen atoms in total. The third-order valence-electron chi connectivity index (χ3n) is 4.56. The summed E-state index contributed by atoms with van der Waals surface area (Å²) in [4.78, 5) is 22.4. The lowest BCUT2D eigenvalue weighted by atomic mass is 9.99. The van der Waals surface area contributed by atoms with E-state index < -0.39 is 4.92 Å². The van der Waals surface area contributed by atoms with E-state index in [1.807, 2.05) is 0 Å². The maximum absolute atomic E-state index is 12.3. The van der Waals surface area contributed by atoms with Crippen molar-refractivity contribution in [1.82, 2.24) is 0 Å². The molecule has 3 atom stereocenters. The number of nitro groups is 1. The number of ether oxygens (including phenoxy) is 1. The normalized spacial score (nSPS) is 31.2. The predicted octanol–water partition coefficient (Wildman–Crippen LogP) is 2.21. The number of hydrogen-bond acceptors (Lipinski definition) is 4. The number of amides is 1. The lowest BCUT2D eigenvalue weighted by molar-refractivity contribution is -0.384. The van der Waals surface area contributed by atoms with Crippen molar-refractivity contribution in [2.45, 2.75) is 13.3 Å². The molecule has 0 unspecified atom stereocenters. The van der Waals surface area contributed by atoms with Crippen LogP contribution in [0.15, 0.2) is 24.3 Å². The van der Waals surface area contributed by atoms with Gasteiger partial charge >= 0.3 is 0 Å². The molecule has 1 saturated carbocycles. The summed E-state index contributed by atoms with van der Waals surface area (Å²) in [5, 5.41) is 13.4. The van der Waals surface area contributed by atoms with Gasteiger partial charge in [0.15, 0.2) is 0 Å². The SMILES string of the molecule is C[C@]12CCOC[C@H]1[C@H]2C(=O)Nc1ccc([N+](=O)[O-])cc1. The molecule has 1 aliphatic heterocycles. The van der Waals surface area contributed by atoms with Gasteiger partial charge in [-0.15, -0.1) is 0 Å². The third kappa shape index (κ3) is 2.06. The number of nitrogens with one attached hydrogen (secondary N) is 1. The summed E-state index contributed by atoms with van der Waals surface area (Å²) in [6.07, 6.45) is 0.913. The van der Waals surface area contributed by atoms with Crippen LogP contribution in [0.3, 0.4) is 0 Å². The van der Waals surface area contributed by atoms with Gasteiger partial charge in [0, 0.05) is 36.3 Å². The number of carbonyl (C=O) groups is 1. The van der Waals surface area contributed by atoms with Gasteiger partial charge in [-0.2, -0.15) is 0 Å². The molecule has 1 heterocycles. The Morgan fingerprint density at radius 2 is 2.15 bits per heavy atom. The fourth-order valence-corrected chi connectivity index (χ4v) is 3.16. The minimum Gasteiger partial charge on any atom is -0.381 e. The summed E-state index contributed by atoms with van der Waals surface area (Å²) < 4.78 is 5.41. The number of benzene rings is 1. The molecule has 106 valence electrons. The Bertz CT molecular complexity index is 557. The molecule has 2 aliphatic rings. The molecule has 6 heteroatoms. The first-order chi connectivity index (χ1) is 9.52. The largest absolute Gasteiger partial charge is 0.381 e. The van der Waals surface area contributed by atoms with Crippen molar-refractivity contribution < 1.29 is 14.5 Å². The van der Waals surface area contributed by atoms with Gasteiger partial charge in [0.2, 0.25) is 5.91 Å². The molecule has 0 radical (unpaired) electrons. The van der Waals surface area contributed by atoms with Gasteiger partial charge in [0.1, 0.15) is 0 Å². The molecule has 0 aromatic heterocycles. The van der Waals surface area contributed by atoms with Crippen LogP contribution in [0.4, 0.5) is 11.4 Å². The highest BCUT2D eigenvalue weighted by atomic mass is 16.6. The van der Waals surface area contributed by atoms with Gasteiger partial charge in [0.05, 0.1) is 11.5 Å². The van der Waals surface area contributed by atoms with Crippen molar-refractivity contribution in [1.29, 1.82) is 0 Å². The van der Waals surface area contributed by atoms with Crippen molar-refractivity contribution in [2.24, 2.45) is 17.3 Å². The summed E-state index contributed by atoms with van der Waals surface area (Å²) in [5.41, 5.74) is 0.667. The average molecular weight is 276 g/mol. The number of nitrogens with zero attached hydrogens (tertiary/aromatic N) is 1. The quantitative estimate of drug-likeness (QED) is 0.677. The zero-order valence-corrected chi connectivity index (χ0v) is 11.2. The van der Waals surface area contributed by atoms with Gasteiger partial charge in [-0.05, 0) is 24.0 Å². The molecule has 3 rings (SSSR count). The molecule has 1 N–H and O–H groups in total. The second kappa shape index (κ2) is 4.56. The van der Waals surface area contributed by atoms with E-state index in [-0.39, 0.29) is 22.9 Å². The highest BCUT2D eigenvalue weighted by Gasteiger charge is 2.65. The van der Waals surface area contributed by atoms with Gasteiger partial charge in [-0.25, -0.2) is 0 Å². The number of fused-ring (bicyclic) bond motifs is 1. The first-order valence-electron chi connectivity index (χ1n) is 6.65. The molecule has 1 aliphatic carbocycles. The minimum absolute atomic E-state index is 0.0137. The molecule has 1 amide bonds. The number of nitro benzene ring substituents is 1. The lowest BCUT2D eigenvalue weighted by Gasteiger charge is -2.16. The maximum atomic E-state index is 12.3. The Balaban J connectivity index is 1.66. The predicted molar refractivity (Wildman–Crippen MR) is 72.2 cm³/mol. The average Bonchev–Trinajstić information content (AvgIpc) is 3.05. The van der Waals surface area contributed by atoms with Crippen molar-refractivity contribution in [3.05, 3.63) is 34.4 Å². The second-order valence-electron chi connectivity index (χ2n) is 5.71. The topological polar surface area (TPSA) is 81.5 Å². The maximum Gasteiger partial charge on any atom is 0.269 e. The Labute approximate surface area is 116 Å². The molecule has 0 bridgehead atoms. The molecule has 1 aromatic carbocycles. The molecule has 2 fully saturated rings. The first-order valence-corrected chi connectivity index (χ1v) is 6.65. The molecular formula is C14H16N2O4. The van der Waals surface area contributed by atoms with E-state index in [1.165, 1.54) is 12.1 Å². The molecule has 1 aromatic rings. The fraction of sp³-hybridized carbons (Fsp3) is 0.500. The van der Waals surface area contributed by atoms with E-state index in [0.29, 0.717) is 24.8 Å². The Hall–Kier alpha value is -1.95. The smallest absolute Gasteiger partial charge is 0.269 e. The standard InChI is InChI=1S/C14H16N2O4/c1-14-6-7-20-8-11(14)12(14)13(17)15-9-2-4-10(5-3-9)16(18)19/h2-5,11-12H,6-8H2,1H3,(H,15,17)/t11-,12-,14-/m0/s1. The van der Waals surface area contributed by atoms with Crippen LogP contribution in [-0.2, 0) is 9.53 Å². The fourth-order valence-electron chi connectivity index (χ4n) is 3.16. The summed E-state index contributed by atoms with van der Waals surface area (Å²) >= 11 is 0. The molecule has 0 spiro atoms. The van der Waals surface area contributed by atoms with Crippen LogP contribution in [0.25, 0.3) is 0 Å². The number of hydrogen-bond donors (Lipinski definition) is 1.